The summed E-state index contributed by atoms with van der Waals surface area (Å²) in [6, 6.07) is 30.3. The molecule has 0 spiro atoms. The first-order valence-corrected chi connectivity index (χ1v) is 34.7. The van der Waals surface area contributed by atoms with Gasteiger partial charge in [0.2, 0.25) is 0 Å². The predicted octanol–water partition coefficient (Wildman–Crippen LogP) is 15.0. The molecular formula is C78H98N4O6. The zero-order valence-corrected chi connectivity index (χ0v) is 53.1. The quantitative estimate of drug-likeness (QED) is 0.0667. The van der Waals surface area contributed by atoms with Gasteiger partial charge in [0.25, 0.3) is 0 Å². The summed E-state index contributed by atoms with van der Waals surface area (Å²) in [5.74, 6) is 3.24. The average Bonchev–Trinajstić information content (AvgIpc) is 1.26. The number of H-pyrrole nitrogens is 2. The molecule has 2 aliphatic heterocycles. The van der Waals surface area contributed by atoms with Crippen molar-refractivity contribution in [2.45, 2.75) is 194 Å². The van der Waals surface area contributed by atoms with Crippen LogP contribution in [0.25, 0.3) is 68.6 Å². The predicted molar refractivity (Wildman–Crippen MR) is 353 cm³/mol. The van der Waals surface area contributed by atoms with E-state index in [4.69, 9.17) is 9.97 Å². The van der Waals surface area contributed by atoms with Gasteiger partial charge < -0.3 is 40.6 Å². The highest BCUT2D eigenvalue weighted by Crippen LogP contribution is 2.70. The average molecular weight is 1190 g/mol. The lowest BCUT2D eigenvalue weighted by atomic mass is 9.43. The number of fused-ring (bicyclic) bond motifs is 18. The molecule has 10 nitrogen and oxygen atoms in total. The molecule has 8 bridgehead atoms. The lowest BCUT2D eigenvalue weighted by Gasteiger charge is -2.63. The Hall–Kier alpha value is -5.20. The molecule has 0 unspecified atom stereocenters. The monoisotopic (exact) mass is 1190 g/mol. The molecule has 8 fully saturated rings. The lowest BCUT2D eigenvalue weighted by Crippen LogP contribution is -2.62. The second-order valence-electron chi connectivity index (χ2n) is 31.5. The van der Waals surface area contributed by atoms with Crippen molar-refractivity contribution in [3.05, 3.63) is 119 Å². The van der Waals surface area contributed by atoms with E-state index in [9.17, 15) is 30.6 Å². The molecular weight excluding hydrogens is 1090 g/mol. The number of aliphatic hydroxyl groups excluding tert-OH is 6. The number of hydrogen-bond donors (Lipinski definition) is 8. The van der Waals surface area contributed by atoms with Crippen molar-refractivity contribution in [2.75, 3.05) is 0 Å². The minimum Gasteiger partial charge on any atom is -0.393 e. The molecule has 5 aromatic rings. The van der Waals surface area contributed by atoms with Gasteiger partial charge in [-0.05, 0) is 274 Å². The highest BCUT2D eigenvalue weighted by molar-refractivity contribution is 5.94. The number of aromatic amines is 2. The Morgan fingerprint density at radius 1 is 0.443 bits per heavy atom. The van der Waals surface area contributed by atoms with Gasteiger partial charge in [-0.1, -0.05) is 102 Å². The third-order valence-electron chi connectivity index (χ3n) is 27.8. The molecule has 466 valence electrons. The van der Waals surface area contributed by atoms with Crippen LogP contribution in [-0.4, -0.2) is 87.2 Å². The van der Waals surface area contributed by atoms with E-state index < -0.39 is 24.4 Å². The van der Waals surface area contributed by atoms with Gasteiger partial charge in [-0.3, -0.25) is 0 Å². The summed E-state index contributed by atoms with van der Waals surface area (Å²) in [7, 11) is 0. The number of rotatable bonds is 10. The summed E-state index contributed by atoms with van der Waals surface area (Å²) in [6.45, 7) is 14.4. The van der Waals surface area contributed by atoms with Crippen LogP contribution in [0.5, 0.6) is 0 Å². The van der Waals surface area contributed by atoms with Gasteiger partial charge >= 0.3 is 0 Å². The molecule has 8 aliphatic carbocycles. The van der Waals surface area contributed by atoms with Crippen molar-refractivity contribution in [3.8, 4) is 22.3 Å². The Morgan fingerprint density at radius 2 is 0.841 bits per heavy atom. The summed E-state index contributed by atoms with van der Waals surface area (Å²) in [5.41, 5.74) is 13.9. The van der Waals surface area contributed by atoms with Crippen LogP contribution in [0, 0.1) is 92.7 Å². The fourth-order valence-electron chi connectivity index (χ4n) is 23.1. The van der Waals surface area contributed by atoms with Crippen LogP contribution in [0.15, 0.2) is 84.9 Å². The van der Waals surface area contributed by atoms with E-state index in [2.05, 4.69) is 161 Å². The van der Waals surface area contributed by atoms with Crippen LogP contribution in [-0.2, 0) is 12.8 Å². The summed E-state index contributed by atoms with van der Waals surface area (Å²) in [5, 5.41) is 70.9. The smallest absolute Gasteiger partial charge is 0.0737 e. The maximum absolute atomic E-state index is 12.6. The van der Waals surface area contributed by atoms with Crippen molar-refractivity contribution in [3.63, 3.8) is 0 Å². The minimum absolute atomic E-state index is 0.0357. The van der Waals surface area contributed by atoms with Crippen molar-refractivity contribution >= 4 is 46.4 Å². The highest BCUT2D eigenvalue weighted by atomic mass is 16.3. The van der Waals surface area contributed by atoms with E-state index in [0.29, 0.717) is 35.5 Å². The molecule has 10 heteroatoms. The van der Waals surface area contributed by atoms with Crippen LogP contribution >= 0.6 is 0 Å². The van der Waals surface area contributed by atoms with Crippen molar-refractivity contribution < 1.29 is 30.6 Å². The van der Waals surface area contributed by atoms with E-state index in [0.717, 1.165) is 188 Å². The SMILES string of the molecule is C[C@H](CCc1c2nc(c(-c3ccccc3)c3ccc([nH]3)c(CC[C@@H](C)[C@H]3CC[C@H]4[C@@H]5[C@H](O)C[C@@H]6C[C@H](O)CC[C@]6(C)[C@H]5C[C@H](O)[C@]34C)c3ccc([nH]3)c(-c3ccccc3)c3nc1C=C3)C=C2)[C@H]1CC[C@H]2[C@@H]3[C@H](O)C[C@@H]4C[C@H](O)CC[C@]4(C)[C@H]3C[C@H](O)[C@]12C. The Balaban J connectivity index is 0.788. The summed E-state index contributed by atoms with van der Waals surface area (Å²) >= 11 is 0. The third-order valence-corrected chi connectivity index (χ3v) is 27.8. The lowest BCUT2D eigenvalue weighted by molar-refractivity contribution is -0.207. The van der Waals surface area contributed by atoms with Crippen LogP contribution < -0.4 is 0 Å². The number of nitrogens with zero attached hydrogens (tertiary/aromatic N) is 2. The van der Waals surface area contributed by atoms with Crippen molar-refractivity contribution in [1.82, 2.24) is 19.9 Å². The molecule has 8 saturated carbocycles. The largest absolute Gasteiger partial charge is 0.393 e. The Morgan fingerprint density at radius 3 is 1.27 bits per heavy atom. The Bertz CT molecular complexity index is 3550. The number of nitrogens with one attached hydrogen (secondary N) is 2. The molecule has 5 heterocycles. The van der Waals surface area contributed by atoms with Gasteiger partial charge in [-0.15, -0.1) is 0 Å². The molecule has 15 rings (SSSR count). The number of hydrogen-bond acceptors (Lipinski definition) is 8. The van der Waals surface area contributed by atoms with E-state index in [1.54, 1.807) is 0 Å². The first kappa shape index (κ1) is 59.1. The number of aryl methyl sites for hydroxylation is 1. The Kier molecular flexibility index (Phi) is 15.0. The van der Waals surface area contributed by atoms with Gasteiger partial charge in [0.15, 0.2) is 0 Å². The normalized spacial score (nSPS) is 39.6. The van der Waals surface area contributed by atoms with Gasteiger partial charge in [0.05, 0.1) is 59.4 Å². The molecule has 2 aromatic carbocycles. The second kappa shape index (κ2) is 22.3. The first-order chi connectivity index (χ1) is 42.4. The molecule has 0 radical (unpaired) electrons. The fourth-order valence-corrected chi connectivity index (χ4v) is 23.1. The molecule has 22 atom stereocenters. The minimum atomic E-state index is -0.441. The topological polar surface area (TPSA) is 179 Å². The first-order valence-electron chi connectivity index (χ1n) is 34.7. The van der Waals surface area contributed by atoms with E-state index in [1.165, 1.54) is 5.56 Å². The van der Waals surface area contributed by atoms with Gasteiger partial charge in [0, 0.05) is 38.8 Å². The molecule has 0 saturated heterocycles. The zero-order valence-electron chi connectivity index (χ0n) is 53.1. The van der Waals surface area contributed by atoms with Crippen molar-refractivity contribution in [1.29, 1.82) is 0 Å². The van der Waals surface area contributed by atoms with Crippen molar-refractivity contribution in [2.24, 2.45) is 92.7 Å². The van der Waals surface area contributed by atoms with Crippen LogP contribution in [0.2, 0.25) is 0 Å². The number of aromatic nitrogens is 4. The van der Waals surface area contributed by atoms with E-state index in [1.807, 2.05) is 0 Å². The maximum atomic E-state index is 12.6. The summed E-state index contributed by atoms with van der Waals surface area (Å²) < 4.78 is 0. The molecule has 10 aliphatic rings. The number of benzene rings is 2. The highest BCUT2D eigenvalue weighted by Gasteiger charge is 2.67. The molecule has 88 heavy (non-hydrogen) atoms. The van der Waals surface area contributed by atoms with Crippen LogP contribution in [0.3, 0.4) is 0 Å². The van der Waals surface area contributed by atoms with E-state index in [-0.39, 0.29) is 69.4 Å². The van der Waals surface area contributed by atoms with Gasteiger partial charge in [0.1, 0.15) is 0 Å². The van der Waals surface area contributed by atoms with Gasteiger partial charge in [-0.25, -0.2) is 9.97 Å². The number of aliphatic hydroxyl groups is 6. The van der Waals surface area contributed by atoms with Gasteiger partial charge in [-0.2, -0.15) is 0 Å². The fraction of sp³-hybridized carbons (Fsp3) is 0.590. The standard InChI is InChI=1S/C78H98N4O6/c1-43(53-21-23-55-73-57(41-69(87)77(53,55)5)75(3)35-33-49(83)37-47(75)39-67(73)85)17-19-51-59-25-29-63(79-59)71(45-13-9-7-10-14-45)65-31-27-61(81-65)52(62-28-32-66(82-62)72(46-15-11-8-12-16-46)64-30-26-60(51)80-64)20-18-44(2)54-22-24-56-74-58(42-70(88)78(54,56)6)76(4)36-34-50(84)38-48(76)40-68(74)86/h7-16,25-32,43-44,47-50,53-58,67-70,73-74,79-80,83-88H,17-24,33-42H2,1-6H3/t43-,44-,47+,48+,49-,50-,53-,54-,55+,56+,57+,58+,67-,68-,69+,70+,73+,74+,75+,76+,77-,78-/m1/s1. The summed E-state index contributed by atoms with van der Waals surface area (Å²) in [4.78, 5) is 19.3. The Labute approximate surface area is 521 Å². The second-order valence-corrected chi connectivity index (χ2v) is 31.5. The molecule has 8 N–H and O–H groups in total. The molecule has 0 amide bonds. The molecule has 3 aromatic heterocycles. The maximum Gasteiger partial charge on any atom is 0.0737 e. The van der Waals surface area contributed by atoms with E-state index >= 15 is 0 Å². The van der Waals surface area contributed by atoms with Crippen LogP contribution in [0.4, 0.5) is 0 Å². The zero-order chi connectivity index (χ0) is 60.8. The van der Waals surface area contributed by atoms with Crippen LogP contribution in [0.1, 0.15) is 178 Å². The summed E-state index contributed by atoms with van der Waals surface area (Å²) in [6.07, 6.45) is 22.3. The third kappa shape index (κ3) is 9.33.